The molecule has 3 unspecified atom stereocenters. The summed E-state index contributed by atoms with van der Waals surface area (Å²) in [5.74, 6) is 0.163. The molecule has 0 amide bonds. The van der Waals surface area contributed by atoms with Crippen molar-refractivity contribution in [1.29, 1.82) is 0 Å². The van der Waals surface area contributed by atoms with E-state index in [2.05, 4.69) is 33.0 Å². The molecule has 0 saturated carbocycles. The lowest BCUT2D eigenvalue weighted by Gasteiger charge is -2.25. The Morgan fingerprint density at radius 2 is 1.86 bits per heavy atom. The Bertz CT molecular complexity index is 171. The maximum Gasteiger partial charge on any atom is 0.323 e. The number of methoxy groups -OCH3 is 1. The van der Waals surface area contributed by atoms with Gasteiger partial charge in [-0.05, 0) is 19.3 Å². The summed E-state index contributed by atoms with van der Waals surface area (Å²) >= 11 is 0. The predicted octanol–water partition coefficient (Wildman–Crippen LogP) is 1.96. The van der Waals surface area contributed by atoms with Crippen molar-refractivity contribution in [1.82, 2.24) is 5.32 Å². The highest BCUT2D eigenvalue weighted by molar-refractivity contribution is 5.76. The van der Waals surface area contributed by atoms with Gasteiger partial charge >= 0.3 is 5.97 Å². The van der Waals surface area contributed by atoms with E-state index in [-0.39, 0.29) is 12.0 Å². The molecule has 0 aliphatic carbocycles. The first-order valence-corrected chi connectivity index (χ1v) is 5.40. The number of carbonyl (C=O) groups excluding carboxylic acids is 1. The van der Waals surface area contributed by atoms with Gasteiger partial charge in [-0.15, -0.1) is 0 Å². The largest absolute Gasteiger partial charge is 0.468 e. The number of hydrogen-bond donors (Lipinski definition) is 1. The fourth-order valence-corrected chi connectivity index (χ4v) is 1.25. The summed E-state index contributed by atoms with van der Waals surface area (Å²) in [6.07, 6.45) is 1.99. The SMILES string of the molecule is CCC(C)NC(C(=O)OC)C(C)CC. The van der Waals surface area contributed by atoms with Crippen LogP contribution in [0.4, 0.5) is 0 Å². The van der Waals surface area contributed by atoms with Gasteiger partial charge in [-0.25, -0.2) is 0 Å². The Labute approximate surface area is 87.2 Å². The van der Waals surface area contributed by atoms with E-state index in [9.17, 15) is 4.79 Å². The quantitative estimate of drug-likeness (QED) is 0.668. The smallest absolute Gasteiger partial charge is 0.323 e. The lowest BCUT2D eigenvalue weighted by atomic mass is 9.98. The Balaban J connectivity index is 4.31. The molecule has 0 aliphatic heterocycles. The minimum Gasteiger partial charge on any atom is -0.468 e. The highest BCUT2D eigenvalue weighted by Crippen LogP contribution is 2.10. The zero-order valence-corrected chi connectivity index (χ0v) is 9.96. The summed E-state index contributed by atoms with van der Waals surface area (Å²) in [5, 5.41) is 3.29. The van der Waals surface area contributed by atoms with Crippen LogP contribution in [0, 0.1) is 5.92 Å². The Morgan fingerprint density at radius 1 is 1.29 bits per heavy atom. The van der Waals surface area contributed by atoms with Crippen LogP contribution in [0.25, 0.3) is 0 Å². The van der Waals surface area contributed by atoms with Crippen LogP contribution in [0.5, 0.6) is 0 Å². The maximum atomic E-state index is 11.5. The van der Waals surface area contributed by atoms with Gasteiger partial charge in [0.05, 0.1) is 7.11 Å². The first-order valence-electron chi connectivity index (χ1n) is 5.40. The predicted molar refractivity (Wildman–Crippen MR) is 58.1 cm³/mol. The molecule has 0 radical (unpaired) electrons. The molecule has 0 aliphatic rings. The third kappa shape index (κ3) is 4.09. The zero-order chi connectivity index (χ0) is 11.1. The standard InChI is InChI=1S/C11H23NO2/c1-6-8(3)10(11(13)14-5)12-9(4)7-2/h8-10,12H,6-7H2,1-5H3. The molecule has 0 fully saturated rings. The minimum absolute atomic E-state index is 0.153. The molecule has 3 heteroatoms. The average Bonchev–Trinajstić information content (AvgIpc) is 2.23. The second-order valence-electron chi connectivity index (χ2n) is 3.86. The molecule has 0 aromatic carbocycles. The van der Waals surface area contributed by atoms with Crippen LogP contribution in [-0.4, -0.2) is 25.2 Å². The summed E-state index contributed by atoms with van der Waals surface area (Å²) in [4.78, 5) is 11.5. The van der Waals surface area contributed by atoms with E-state index in [1.807, 2.05) is 0 Å². The molecule has 14 heavy (non-hydrogen) atoms. The second kappa shape index (κ2) is 6.82. The van der Waals surface area contributed by atoms with Crippen molar-refractivity contribution in [2.45, 2.75) is 52.6 Å². The third-order valence-corrected chi connectivity index (χ3v) is 2.74. The van der Waals surface area contributed by atoms with Crippen LogP contribution in [0.1, 0.15) is 40.5 Å². The molecule has 0 bridgehead atoms. The summed E-state index contributed by atoms with van der Waals surface area (Å²) in [7, 11) is 1.44. The highest BCUT2D eigenvalue weighted by Gasteiger charge is 2.25. The van der Waals surface area contributed by atoms with Crippen molar-refractivity contribution >= 4 is 5.97 Å². The molecule has 0 aromatic rings. The van der Waals surface area contributed by atoms with Gasteiger partial charge in [-0.1, -0.05) is 27.2 Å². The Hall–Kier alpha value is -0.570. The van der Waals surface area contributed by atoms with Crippen LogP contribution >= 0.6 is 0 Å². The van der Waals surface area contributed by atoms with Crippen LogP contribution < -0.4 is 5.32 Å². The normalized spacial score (nSPS) is 17.2. The van der Waals surface area contributed by atoms with E-state index in [0.29, 0.717) is 12.0 Å². The van der Waals surface area contributed by atoms with Gasteiger partial charge in [0, 0.05) is 6.04 Å². The average molecular weight is 201 g/mol. The molecular formula is C11H23NO2. The lowest BCUT2D eigenvalue weighted by molar-refractivity contribution is -0.144. The summed E-state index contributed by atoms with van der Waals surface area (Å²) in [6.45, 7) is 8.33. The van der Waals surface area contributed by atoms with Crippen LogP contribution in [0.2, 0.25) is 0 Å². The molecule has 1 N–H and O–H groups in total. The summed E-state index contributed by atoms with van der Waals surface area (Å²) in [6, 6.07) is 0.188. The maximum absolute atomic E-state index is 11.5. The fraction of sp³-hybridized carbons (Fsp3) is 0.909. The number of nitrogens with one attached hydrogen (secondary N) is 1. The van der Waals surface area contributed by atoms with Gasteiger partial charge < -0.3 is 10.1 Å². The highest BCUT2D eigenvalue weighted by atomic mass is 16.5. The topological polar surface area (TPSA) is 38.3 Å². The molecule has 0 aromatic heterocycles. The third-order valence-electron chi connectivity index (χ3n) is 2.74. The molecule has 0 rings (SSSR count). The van der Waals surface area contributed by atoms with Crippen molar-refractivity contribution in [3.8, 4) is 0 Å². The summed E-state index contributed by atoms with van der Waals surface area (Å²) < 4.78 is 4.78. The van der Waals surface area contributed by atoms with Crippen LogP contribution in [0.3, 0.4) is 0 Å². The van der Waals surface area contributed by atoms with Crippen LogP contribution in [-0.2, 0) is 9.53 Å². The molecule has 84 valence electrons. The first kappa shape index (κ1) is 13.4. The number of hydrogen-bond acceptors (Lipinski definition) is 3. The minimum atomic E-state index is -0.167. The van der Waals surface area contributed by atoms with Crippen molar-refractivity contribution < 1.29 is 9.53 Å². The van der Waals surface area contributed by atoms with Crippen LogP contribution in [0.15, 0.2) is 0 Å². The van der Waals surface area contributed by atoms with Crippen molar-refractivity contribution in [2.24, 2.45) is 5.92 Å². The van der Waals surface area contributed by atoms with Gasteiger partial charge in [0.1, 0.15) is 6.04 Å². The van der Waals surface area contributed by atoms with E-state index in [1.54, 1.807) is 0 Å². The first-order chi connectivity index (χ1) is 6.56. The molecule has 0 heterocycles. The van der Waals surface area contributed by atoms with E-state index >= 15 is 0 Å². The van der Waals surface area contributed by atoms with E-state index in [1.165, 1.54) is 7.11 Å². The summed E-state index contributed by atoms with van der Waals surface area (Å²) in [5.41, 5.74) is 0. The van der Waals surface area contributed by atoms with Crippen molar-refractivity contribution in [2.75, 3.05) is 7.11 Å². The monoisotopic (exact) mass is 201 g/mol. The van der Waals surface area contributed by atoms with E-state index < -0.39 is 0 Å². The number of carbonyl (C=O) groups is 1. The Kier molecular flexibility index (Phi) is 6.54. The molecular weight excluding hydrogens is 178 g/mol. The van der Waals surface area contributed by atoms with Gasteiger partial charge in [-0.3, -0.25) is 4.79 Å². The van der Waals surface area contributed by atoms with Gasteiger partial charge in [0.2, 0.25) is 0 Å². The number of esters is 1. The van der Waals surface area contributed by atoms with Gasteiger partial charge in [-0.2, -0.15) is 0 Å². The van der Waals surface area contributed by atoms with Gasteiger partial charge in [0.25, 0.3) is 0 Å². The zero-order valence-electron chi connectivity index (χ0n) is 9.96. The lowest BCUT2D eigenvalue weighted by Crippen LogP contribution is -2.46. The molecule has 3 nitrogen and oxygen atoms in total. The number of ether oxygens (including phenoxy) is 1. The molecule has 0 spiro atoms. The molecule has 3 atom stereocenters. The van der Waals surface area contributed by atoms with Crippen molar-refractivity contribution in [3.63, 3.8) is 0 Å². The Morgan fingerprint density at radius 3 is 2.21 bits per heavy atom. The molecule has 0 saturated heterocycles. The van der Waals surface area contributed by atoms with Gasteiger partial charge in [0.15, 0.2) is 0 Å². The fourth-order valence-electron chi connectivity index (χ4n) is 1.25. The van der Waals surface area contributed by atoms with E-state index in [4.69, 9.17) is 4.74 Å². The van der Waals surface area contributed by atoms with Crippen molar-refractivity contribution in [3.05, 3.63) is 0 Å². The van der Waals surface area contributed by atoms with E-state index in [0.717, 1.165) is 12.8 Å². The second-order valence-corrected chi connectivity index (χ2v) is 3.86. The number of rotatable bonds is 6.